The molecule has 0 bridgehead atoms. The van der Waals surface area contributed by atoms with E-state index in [0.29, 0.717) is 17.1 Å². The van der Waals surface area contributed by atoms with Crippen molar-refractivity contribution in [2.24, 2.45) is 10.4 Å². The lowest BCUT2D eigenvalue weighted by Gasteiger charge is -2.40. The van der Waals surface area contributed by atoms with Gasteiger partial charge in [-0.3, -0.25) is 9.69 Å². The number of likely N-dealkylation sites (tertiary alicyclic amines) is 1. The van der Waals surface area contributed by atoms with Gasteiger partial charge in [0.25, 0.3) is 0 Å². The highest BCUT2D eigenvalue weighted by Crippen LogP contribution is 2.42. The van der Waals surface area contributed by atoms with Gasteiger partial charge in [0.15, 0.2) is 0 Å². The summed E-state index contributed by atoms with van der Waals surface area (Å²) in [5.74, 6) is 0.675. The molecule has 0 aliphatic carbocycles. The van der Waals surface area contributed by atoms with Crippen molar-refractivity contribution < 1.29 is 9.53 Å². The minimum absolute atomic E-state index is 0.283. The molecule has 7 nitrogen and oxygen atoms in total. The summed E-state index contributed by atoms with van der Waals surface area (Å²) in [6.45, 7) is 6.73. The van der Waals surface area contributed by atoms with E-state index in [1.54, 1.807) is 34.4 Å². The molecule has 0 unspecified atom stereocenters. The number of halogens is 1. The summed E-state index contributed by atoms with van der Waals surface area (Å²) in [5.41, 5.74) is 1.16. The van der Waals surface area contributed by atoms with E-state index in [4.69, 9.17) is 16.3 Å². The monoisotopic (exact) mass is 461 g/mol. The molecule has 2 fully saturated rings. The quantitative estimate of drug-likeness (QED) is 0.294. The summed E-state index contributed by atoms with van der Waals surface area (Å²) < 4.78 is 7.58. The molecule has 4 heterocycles. The van der Waals surface area contributed by atoms with Gasteiger partial charge in [-0.2, -0.15) is 5.10 Å². The molecule has 4 rings (SSSR count). The molecule has 2 aromatic rings. The van der Waals surface area contributed by atoms with E-state index >= 15 is 0 Å². The molecule has 9 heteroatoms. The van der Waals surface area contributed by atoms with Crippen LogP contribution in [0.15, 0.2) is 45.5 Å². The van der Waals surface area contributed by atoms with Crippen LogP contribution in [0.1, 0.15) is 33.1 Å². The van der Waals surface area contributed by atoms with Gasteiger partial charge < -0.3 is 9.64 Å². The van der Waals surface area contributed by atoms with Crippen LogP contribution in [0.5, 0.6) is 0 Å². The lowest BCUT2D eigenvalue weighted by molar-refractivity contribution is -0.114. The molecule has 2 aromatic heterocycles. The predicted octanol–water partition coefficient (Wildman–Crippen LogP) is 4.28. The molecule has 31 heavy (non-hydrogen) atoms. The molecule has 166 valence electrons. The number of ether oxygens (including phenoxy) is 1. The lowest BCUT2D eigenvalue weighted by atomic mass is 9.77. The van der Waals surface area contributed by atoms with Crippen LogP contribution in [-0.4, -0.2) is 64.6 Å². The fourth-order valence-electron chi connectivity index (χ4n) is 4.39. The van der Waals surface area contributed by atoms with E-state index in [0.717, 1.165) is 60.7 Å². The summed E-state index contributed by atoms with van der Waals surface area (Å²) in [6, 6.07) is 3.83. The summed E-state index contributed by atoms with van der Waals surface area (Å²) >= 11 is 8.09. The molecule has 1 amide bonds. The number of pyridine rings is 1. The number of thioether (sulfide) groups is 1. The first-order chi connectivity index (χ1) is 14.9. The van der Waals surface area contributed by atoms with Crippen LogP contribution < -0.4 is 0 Å². The van der Waals surface area contributed by atoms with Gasteiger partial charge in [-0.15, -0.1) is 0 Å². The van der Waals surface area contributed by atoms with Gasteiger partial charge in [0.1, 0.15) is 0 Å². The zero-order valence-corrected chi connectivity index (χ0v) is 19.7. The Kier molecular flexibility index (Phi) is 6.60. The number of carbonyl (C=O) groups is 1. The summed E-state index contributed by atoms with van der Waals surface area (Å²) in [4.78, 5) is 21.9. The van der Waals surface area contributed by atoms with Crippen molar-refractivity contribution in [3.05, 3.63) is 40.7 Å². The van der Waals surface area contributed by atoms with Crippen LogP contribution in [0, 0.1) is 5.41 Å². The zero-order valence-electron chi connectivity index (χ0n) is 18.1. The number of nitrogens with zero attached hydrogens (tertiary/aromatic N) is 5. The van der Waals surface area contributed by atoms with Crippen molar-refractivity contribution >= 4 is 41.2 Å². The maximum atomic E-state index is 11.5. The number of amides is 1. The summed E-state index contributed by atoms with van der Waals surface area (Å²) in [7, 11) is 1.75. The molecule has 1 spiro atoms. The molecular formula is C22H28ClN5O2S. The van der Waals surface area contributed by atoms with Gasteiger partial charge in [-0.1, -0.05) is 23.4 Å². The average Bonchev–Trinajstić information content (AvgIpc) is 3.38. The highest BCUT2D eigenvalue weighted by molar-refractivity contribution is 8.03. The molecule has 2 aliphatic rings. The number of allylic oxidation sites excluding steroid dienone is 1. The molecular weight excluding hydrogens is 434 g/mol. The van der Waals surface area contributed by atoms with Crippen LogP contribution in [0.4, 0.5) is 0 Å². The third-order valence-corrected chi connectivity index (χ3v) is 7.58. The maximum absolute atomic E-state index is 11.5. The SMILES string of the molecule is C/C(=C\N=C(/N(C)C=O)N1CCC2(CC1)CO[C@@H](C)C2)Sc1ccn2nccc2c1Cl. The van der Waals surface area contributed by atoms with Crippen molar-refractivity contribution in [3.8, 4) is 0 Å². The minimum atomic E-state index is 0.283. The third kappa shape index (κ3) is 4.76. The Bertz CT molecular complexity index is 1010. The molecule has 1 atom stereocenters. The van der Waals surface area contributed by atoms with E-state index in [1.165, 1.54) is 0 Å². The maximum Gasteiger partial charge on any atom is 0.216 e. The molecule has 2 saturated heterocycles. The van der Waals surface area contributed by atoms with Gasteiger partial charge in [0.2, 0.25) is 12.4 Å². The second-order valence-corrected chi connectivity index (χ2v) is 10.1. The van der Waals surface area contributed by atoms with Gasteiger partial charge in [0, 0.05) is 42.3 Å². The Morgan fingerprint density at radius 3 is 2.87 bits per heavy atom. The van der Waals surface area contributed by atoms with E-state index in [2.05, 4.69) is 21.9 Å². The number of rotatable bonds is 4. The van der Waals surface area contributed by atoms with E-state index in [1.807, 2.05) is 31.5 Å². The van der Waals surface area contributed by atoms with Gasteiger partial charge in [0.05, 0.1) is 29.4 Å². The van der Waals surface area contributed by atoms with Crippen LogP contribution in [-0.2, 0) is 9.53 Å². The minimum Gasteiger partial charge on any atom is -0.378 e. The number of hydrogen-bond acceptors (Lipinski definition) is 5. The first kappa shape index (κ1) is 22.2. The standard InChI is InChI=1S/C22H28ClN5O2S/c1-16-12-22(14-30-16)6-10-27(11-7-22)21(26(3)15-29)24-13-17(2)31-19-5-9-28-18(20(19)23)4-8-25-28/h4-5,8-9,13,15-16H,6-7,10-12,14H2,1-3H3/b17-13+,24-21+/t16-/m0/s1. The van der Waals surface area contributed by atoms with Crippen molar-refractivity contribution in [1.29, 1.82) is 0 Å². The van der Waals surface area contributed by atoms with Crippen molar-refractivity contribution in [2.75, 3.05) is 26.7 Å². The zero-order chi connectivity index (χ0) is 22.0. The first-order valence-electron chi connectivity index (χ1n) is 10.5. The lowest BCUT2D eigenvalue weighted by Crippen LogP contribution is -2.48. The number of piperidine rings is 1. The van der Waals surface area contributed by atoms with Crippen LogP contribution in [0.3, 0.4) is 0 Å². The summed E-state index contributed by atoms with van der Waals surface area (Å²) in [6.07, 6.45) is 9.81. The van der Waals surface area contributed by atoms with Crippen LogP contribution >= 0.6 is 23.4 Å². The molecule has 2 aliphatic heterocycles. The number of guanidine groups is 1. The van der Waals surface area contributed by atoms with Crippen molar-refractivity contribution in [3.63, 3.8) is 0 Å². The van der Waals surface area contributed by atoms with Gasteiger partial charge in [-0.05, 0) is 50.7 Å². The molecule has 0 radical (unpaired) electrons. The number of aliphatic imine (C=N–C) groups is 1. The first-order valence-corrected chi connectivity index (χ1v) is 11.7. The average molecular weight is 462 g/mol. The van der Waals surface area contributed by atoms with Crippen LogP contribution in [0.2, 0.25) is 5.02 Å². The van der Waals surface area contributed by atoms with Crippen molar-refractivity contribution in [1.82, 2.24) is 19.4 Å². The summed E-state index contributed by atoms with van der Waals surface area (Å²) in [5, 5.41) is 4.87. The smallest absolute Gasteiger partial charge is 0.216 e. The highest BCUT2D eigenvalue weighted by atomic mass is 35.5. The predicted molar refractivity (Wildman–Crippen MR) is 124 cm³/mol. The Balaban J connectivity index is 1.48. The molecule has 0 N–H and O–H groups in total. The second kappa shape index (κ2) is 9.22. The number of aromatic nitrogens is 2. The second-order valence-electron chi connectivity index (χ2n) is 8.46. The van der Waals surface area contributed by atoms with Gasteiger partial charge >= 0.3 is 0 Å². The Morgan fingerprint density at radius 1 is 1.42 bits per heavy atom. The number of fused-ring (bicyclic) bond motifs is 1. The Hall–Kier alpha value is -2.03. The third-order valence-electron chi connectivity index (χ3n) is 6.09. The largest absolute Gasteiger partial charge is 0.378 e. The molecule has 0 saturated carbocycles. The van der Waals surface area contributed by atoms with E-state index in [-0.39, 0.29) is 5.41 Å². The number of carbonyl (C=O) groups excluding carboxylic acids is 1. The highest BCUT2D eigenvalue weighted by Gasteiger charge is 2.41. The topological polar surface area (TPSA) is 62.4 Å². The van der Waals surface area contributed by atoms with Crippen molar-refractivity contribution in [2.45, 2.75) is 44.1 Å². The number of hydrogen-bond donors (Lipinski definition) is 0. The fraction of sp³-hybridized carbons (Fsp3) is 0.500. The Morgan fingerprint density at radius 2 is 2.19 bits per heavy atom. The van der Waals surface area contributed by atoms with Gasteiger partial charge in [-0.25, -0.2) is 9.51 Å². The van der Waals surface area contributed by atoms with Crippen LogP contribution in [0.25, 0.3) is 5.52 Å². The van der Waals surface area contributed by atoms with E-state index < -0.39 is 0 Å². The Labute approximate surface area is 192 Å². The molecule has 0 aromatic carbocycles. The normalized spacial score (nSPS) is 21.8. The van der Waals surface area contributed by atoms with E-state index in [9.17, 15) is 4.79 Å². The fourth-order valence-corrected chi connectivity index (χ4v) is 5.49.